The Balaban J connectivity index is 1.64. The fraction of sp³-hybridized carbons (Fsp3) is 0.235. The van der Waals surface area contributed by atoms with E-state index < -0.39 is 0 Å². The average molecular weight is 360 g/mol. The molecule has 0 radical (unpaired) electrons. The summed E-state index contributed by atoms with van der Waals surface area (Å²) in [6.45, 7) is 0. The maximum absolute atomic E-state index is 12.6. The molecule has 24 heavy (non-hydrogen) atoms. The highest BCUT2D eigenvalue weighted by Gasteiger charge is 2.34. The van der Waals surface area contributed by atoms with E-state index in [1.807, 2.05) is 24.3 Å². The molecule has 5 nitrogen and oxygen atoms in total. The first kappa shape index (κ1) is 15.4. The number of hydrogen-bond acceptors (Lipinski definition) is 4. The number of nitrogens with one attached hydrogen (secondary N) is 1. The lowest BCUT2D eigenvalue weighted by atomic mass is 10.0. The van der Waals surface area contributed by atoms with Crippen LogP contribution in [0.15, 0.2) is 46.8 Å². The molecule has 1 N–H and O–H groups in total. The van der Waals surface area contributed by atoms with E-state index in [4.69, 9.17) is 11.6 Å². The number of aromatic nitrogens is 2. The van der Waals surface area contributed by atoms with Gasteiger partial charge in [0.15, 0.2) is 4.96 Å². The average Bonchev–Trinajstić information content (AvgIpc) is 3.30. The van der Waals surface area contributed by atoms with Crippen LogP contribution in [0.4, 0.5) is 0 Å². The number of carbonyl (C=O) groups excluding carboxylic acids is 1. The van der Waals surface area contributed by atoms with Crippen LogP contribution in [0, 0.1) is 5.92 Å². The minimum absolute atomic E-state index is 0.0607. The van der Waals surface area contributed by atoms with Crippen molar-refractivity contribution in [2.24, 2.45) is 5.92 Å². The first-order chi connectivity index (χ1) is 11.6. The molecule has 3 aromatic rings. The summed E-state index contributed by atoms with van der Waals surface area (Å²) in [6, 6.07) is 7.34. The Morgan fingerprint density at radius 3 is 2.79 bits per heavy atom. The summed E-state index contributed by atoms with van der Waals surface area (Å²) in [6.07, 6.45) is 5.11. The minimum atomic E-state index is -0.389. The molecule has 0 aliphatic heterocycles. The number of hydrogen-bond donors (Lipinski definition) is 1. The number of rotatable bonds is 4. The fourth-order valence-corrected chi connectivity index (χ4v) is 3.57. The maximum Gasteiger partial charge on any atom is 0.271 e. The number of thiazole rings is 1. The largest absolute Gasteiger partial charge is 0.345 e. The molecule has 122 valence electrons. The molecular weight excluding hydrogens is 346 g/mol. The van der Waals surface area contributed by atoms with Crippen LogP contribution in [-0.4, -0.2) is 15.3 Å². The second kappa shape index (κ2) is 6.03. The SMILES string of the molecule is O=C(NC(c1ccc(Cl)cc1)C1CC1)c1cnc2sccn2c1=O. The third-order valence-electron chi connectivity index (χ3n) is 4.20. The van der Waals surface area contributed by atoms with Crippen LogP contribution in [0.25, 0.3) is 4.96 Å². The molecule has 2 aromatic heterocycles. The van der Waals surface area contributed by atoms with E-state index >= 15 is 0 Å². The first-order valence-electron chi connectivity index (χ1n) is 7.64. The number of benzene rings is 1. The van der Waals surface area contributed by atoms with Gasteiger partial charge in [0, 0.05) is 22.8 Å². The summed E-state index contributed by atoms with van der Waals surface area (Å²) in [5.41, 5.74) is 0.717. The van der Waals surface area contributed by atoms with Gasteiger partial charge < -0.3 is 5.32 Å². The van der Waals surface area contributed by atoms with Gasteiger partial charge in [-0.2, -0.15) is 0 Å². The standard InChI is InChI=1S/C17H14ClN3O2S/c18-12-5-3-11(4-6-12)14(10-1-2-10)20-15(22)13-9-19-17-21(16(13)23)7-8-24-17/h3-10,14H,1-2H2,(H,20,22). The molecule has 1 aliphatic rings. The van der Waals surface area contributed by atoms with Crippen LogP contribution in [-0.2, 0) is 0 Å². The number of carbonyl (C=O) groups is 1. The van der Waals surface area contributed by atoms with Crippen LogP contribution in [0.1, 0.15) is 34.8 Å². The van der Waals surface area contributed by atoms with Crippen LogP contribution < -0.4 is 10.9 Å². The maximum atomic E-state index is 12.6. The molecule has 1 aromatic carbocycles. The van der Waals surface area contributed by atoms with Crippen molar-refractivity contribution in [3.05, 3.63) is 68.5 Å². The highest BCUT2D eigenvalue weighted by molar-refractivity contribution is 7.15. The van der Waals surface area contributed by atoms with E-state index in [0.717, 1.165) is 18.4 Å². The topological polar surface area (TPSA) is 63.5 Å². The molecule has 1 atom stereocenters. The van der Waals surface area contributed by atoms with Gasteiger partial charge in [-0.3, -0.25) is 14.0 Å². The normalized spacial score (nSPS) is 15.4. The van der Waals surface area contributed by atoms with Gasteiger partial charge in [0.25, 0.3) is 11.5 Å². The van der Waals surface area contributed by atoms with Crippen LogP contribution in [0.2, 0.25) is 5.02 Å². The molecule has 1 amide bonds. The van der Waals surface area contributed by atoms with E-state index in [2.05, 4.69) is 10.3 Å². The van der Waals surface area contributed by atoms with E-state index in [1.54, 1.807) is 11.6 Å². The number of amides is 1. The molecule has 1 aliphatic carbocycles. The first-order valence-corrected chi connectivity index (χ1v) is 8.90. The van der Waals surface area contributed by atoms with Crippen molar-refractivity contribution in [1.29, 1.82) is 0 Å². The molecule has 1 saturated carbocycles. The summed E-state index contributed by atoms with van der Waals surface area (Å²) < 4.78 is 1.40. The third kappa shape index (κ3) is 2.83. The highest BCUT2D eigenvalue weighted by atomic mass is 35.5. The molecule has 7 heteroatoms. The lowest BCUT2D eigenvalue weighted by Gasteiger charge is -2.18. The van der Waals surface area contributed by atoms with Crippen molar-refractivity contribution in [2.75, 3.05) is 0 Å². The van der Waals surface area contributed by atoms with Crippen molar-refractivity contribution in [1.82, 2.24) is 14.7 Å². The van der Waals surface area contributed by atoms with Gasteiger partial charge in [0.2, 0.25) is 0 Å². The number of nitrogens with zero attached hydrogens (tertiary/aromatic N) is 2. The van der Waals surface area contributed by atoms with Crippen molar-refractivity contribution in [2.45, 2.75) is 18.9 Å². The Morgan fingerprint density at radius 2 is 2.08 bits per heavy atom. The van der Waals surface area contributed by atoms with Gasteiger partial charge in [0.1, 0.15) is 5.56 Å². The van der Waals surface area contributed by atoms with Crippen LogP contribution >= 0.6 is 22.9 Å². The zero-order valence-corrected chi connectivity index (χ0v) is 14.2. The lowest BCUT2D eigenvalue weighted by Crippen LogP contribution is -2.34. The zero-order chi connectivity index (χ0) is 16.7. The number of fused-ring (bicyclic) bond motifs is 1. The van der Waals surface area contributed by atoms with Crippen molar-refractivity contribution in [3.63, 3.8) is 0 Å². The molecular formula is C17H14ClN3O2S. The highest BCUT2D eigenvalue weighted by Crippen LogP contribution is 2.41. The van der Waals surface area contributed by atoms with Gasteiger partial charge in [-0.05, 0) is 36.5 Å². The fourth-order valence-electron chi connectivity index (χ4n) is 2.77. The number of halogens is 1. The molecule has 1 unspecified atom stereocenters. The monoisotopic (exact) mass is 359 g/mol. The molecule has 0 bridgehead atoms. The van der Waals surface area contributed by atoms with E-state index in [1.165, 1.54) is 21.9 Å². The van der Waals surface area contributed by atoms with Gasteiger partial charge in [-0.15, -0.1) is 11.3 Å². The minimum Gasteiger partial charge on any atom is -0.345 e. The predicted octanol–water partition coefficient (Wildman–Crippen LogP) is 3.29. The zero-order valence-electron chi connectivity index (χ0n) is 12.6. The quantitative estimate of drug-likeness (QED) is 0.777. The Labute approximate surface area is 146 Å². The summed E-state index contributed by atoms with van der Waals surface area (Å²) in [4.78, 5) is 29.8. The summed E-state index contributed by atoms with van der Waals surface area (Å²) >= 11 is 7.30. The lowest BCUT2D eigenvalue weighted by molar-refractivity contribution is 0.0929. The Morgan fingerprint density at radius 1 is 1.33 bits per heavy atom. The van der Waals surface area contributed by atoms with Gasteiger partial charge in [0.05, 0.1) is 6.04 Å². The molecule has 1 fully saturated rings. The van der Waals surface area contributed by atoms with Gasteiger partial charge in [-0.1, -0.05) is 23.7 Å². The smallest absolute Gasteiger partial charge is 0.271 e. The summed E-state index contributed by atoms with van der Waals surface area (Å²) in [5, 5.41) is 5.42. The van der Waals surface area contributed by atoms with Crippen molar-refractivity contribution >= 4 is 33.8 Å². The van der Waals surface area contributed by atoms with E-state index in [9.17, 15) is 9.59 Å². The Kier molecular flexibility index (Phi) is 3.86. The molecule has 0 saturated heterocycles. The van der Waals surface area contributed by atoms with Gasteiger partial charge in [-0.25, -0.2) is 4.98 Å². The summed E-state index contributed by atoms with van der Waals surface area (Å²) in [7, 11) is 0. The van der Waals surface area contributed by atoms with Crippen molar-refractivity contribution in [3.8, 4) is 0 Å². The van der Waals surface area contributed by atoms with Crippen LogP contribution in [0.3, 0.4) is 0 Å². The summed E-state index contributed by atoms with van der Waals surface area (Å²) in [5.74, 6) is 0.00988. The van der Waals surface area contributed by atoms with Gasteiger partial charge >= 0.3 is 0 Å². The van der Waals surface area contributed by atoms with E-state index in [-0.39, 0.29) is 23.1 Å². The van der Waals surface area contributed by atoms with Crippen molar-refractivity contribution < 1.29 is 4.79 Å². The molecule has 2 heterocycles. The Hall–Kier alpha value is -2.18. The molecule has 0 spiro atoms. The van der Waals surface area contributed by atoms with Crippen LogP contribution in [0.5, 0.6) is 0 Å². The third-order valence-corrected chi connectivity index (χ3v) is 5.22. The Bertz CT molecular complexity index is 960. The molecule has 4 rings (SSSR count). The second-order valence-electron chi connectivity index (χ2n) is 5.87. The second-order valence-corrected chi connectivity index (χ2v) is 7.18. The van der Waals surface area contributed by atoms with E-state index in [0.29, 0.717) is 15.9 Å². The predicted molar refractivity (Wildman–Crippen MR) is 93.7 cm³/mol.